The van der Waals surface area contributed by atoms with Gasteiger partial charge in [-0.15, -0.1) is 10.2 Å². The number of para-hydroxylation sites is 4. The first-order valence-corrected chi connectivity index (χ1v) is 11.3. The summed E-state index contributed by atoms with van der Waals surface area (Å²) in [6.07, 6.45) is 0. The molecule has 0 bridgehead atoms. The van der Waals surface area contributed by atoms with Crippen molar-refractivity contribution in [1.82, 2.24) is 0 Å². The summed E-state index contributed by atoms with van der Waals surface area (Å²) in [4.78, 5) is 0. The van der Waals surface area contributed by atoms with Crippen LogP contribution in [0.2, 0.25) is 0 Å². The molecule has 4 rings (SSSR count). The number of benzene rings is 4. The van der Waals surface area contributed by atoms with Crippen LogP contribution >= 0.6 is 24.4 Å². The van der Waals surface area contributed by atoms with Crippen molar-refractivity contribution in [1.29, 1.82) is 0 Å². The zero-order valence-electron chi connectivity index (χ0n) is 18.1. The van der Waals surface area contributed by atoms with Gasteiger partial charge in [0.05, 0.1) is 11.4 Å². The van der Waals surface area contributed by atoms with E-state index in [1.807, 2.05) is 109 Å². The second-order valence-corrected chi connectivity index (χ2v) is 7.94. The van der Waals surface area contributed by atoms with Crippen LogP contribution in [0.4, 0.5) is 34.1 Å². The highest BCUT2D eigenvalue weighted by Crippen LogP contribution is 2.30. The smallest absolute Gasteiger partial charge is 0.175 e. The van der Waals surface area contributed by atoms with Crippen molar-refractivity contribution < 1.29 is 0 Å². The van der Waals surface area contributed by atoms with Gasteiger partial charge in [0.2, 0.25) is 0 Å². The second kappa shape index (κ2) is 11.6. The van der Waals surface area contributed by atoms with E-state index in [-0.39, 0.29) is 0 Å². The molecule has 0 saturated heterocycles. The highest BCUT2D eigenvalue weighted by Gasteiger charge is 2.06. The molecular formula is C26H22N6S2. The summed E-state index contributed by atoms with van der Waals surface area (Å²) in [6, 6.07) is 34.6. The van der Waals surface area contributed by atoms with Gasteiger partial charge in [-0.3, -0.25) is 0 Å². The minimum Gasteiger partial charge on any atom is -0.332 e. The average molecular weight is 483 g/mol. The Morgan fingerprint density at radius 3 is 1.21 bits per heavy atom. The maximum absolute atomic E-state index is 5.45. The molecule has 0 fully saturated rings. The van der Waals surface area contributed by atoms with E-state index in [0.29, 0.717) is 21.6 Å². The molecule has 4 aromatic carbocycles. The summed E-state index contributed by atoms with van der Waals surface area (Å²) in [5.41, 5.74) is 4.59. The number of azo groups is 1. The van der Waals surface area contributed by atoms with E-state index in [1.165, 1.54) is 0 Å². The van der Waals surface area contributed by atoms with Crippen molar-refractivity contribution in [2.75, 3.05) is 21.3 Å². The van der Waals surface area contributed by atoms with E-state index in [9.17, 15) is 0 Å². The van der Waals surface area contributed by atoms with Crippen LogP contribution in [-0.2, 0) is 0 Å². The van der Waals surface area contributed by atoms with Crippen LogP contribution in [0.1, 0.15) is 0 Å². The van der Waals surface area contributed by atoms with Gasteiger partial charge in [-0.25, -0.2) is 0 Å². The van der Waals surface area contributed by atoms with Gasteiger partial charge < -0.3 is 21.3 Å². The van der Waals surface area contributed by atoms with E-state index in [4.69, 9.17) is 24.4 Å². The van der Waals surface area contributed by atoms with E-state index in [2.05, 4.69) is 31.5 Å². The fourth-order valence-electron chi connectivity index (χ4n) is 3.05. The summed E-state index contributed by atoms with van der Waals surface area (Å²) < 4.78 is 0. The van der Waals surface area contributed by atoms with Gasteiger partial charge in [-0.2, -0.15) is 0 Å². The standard InChI is InChI=1S/C26H22N6S2/c33-25(27-19-11-3-1-4-12-19)29-21-15-7-9-17-23(21)31-32-24-18-10-8-16-22(24)30-26(34)28-20-13-5-2-6-14-20/h1-18H,(H2,27,29,33)(H2,28,30,34). The first kappa shape index (κ1) is 23.0. The minimum atomic E-state index is 0.466. The Bertz CT molecular complexity index is 1190. The number of nitrogens with one attached hydrogen (secondary N) is 4. The zero-order chi connectivity index (χ0) is 23.6. The Kier molecular flexibility index (Phi) is 7.89. The van der Waals surface area contributed by atoms with Gasteiger partial charge in [0.15, 0.2) is 10.2 Å². The molecule has 0 heterocycles. The molecule has 4 N–H and O–H groups in total. The number of rotatable bonds is 6. The molecule has 0 aliphatic rings. The Hall–Kier alpha value is -4.14. The van der Waals surface area contributed by atoms with E-state index < -0.39 is 0 Å². The van der Waals surface area contributed by atoms with Gasteiger partial charge in [0.25, 0.3) is 0 Å². The van der Waals surface area contributed by atoms with Crippen molar-refractivity contribution in [3.05, 3.63) is 109 Å². The summed E-state index contributed by atoms with van der Waals surface area (Å²) in [7, 11) is 0. The first-order chi connectivity index (χ1) is 16.7. The lowest BCUT2D eigenvalue weighted by molar-refractivity contribution is 1.23. The Morgan fingerprint density at radius 2 is 0.794 bits per heavy atom. The molecule has 168 valence electrons. The molecule has 0 aromatic heterocycles. The molecule has 4 aromatic rings. The van der Waals surface area contributed by atoms with Gasteiger partial charge in [-0.1, -0.05) is 60.7 Å². The monoisotopic (exact) mass is 482 g/mol. The van der Waals surface area contributed by atoms with Crippen LogP contribution < -0.4 is 21.3 Å². The van der Waals surface area contributed by atoms with Gasteiger partial charge >= 0.3 is 0 Å². The van der Waals surface area contributed by atoms with Crippen LogP contribution in [0.25, 0.3) is 0 Å². The minimum absolute atomic E-state index is 0.466. The van der Waals surface area contributed by atoms with Crippen LogP contribution in [0.5, 0.6) is 0 Å². The fourth-order valence-corrected chi connectivity index (χ4v) is 3.51. The SMILES string of the molecule is S=C(Nc1ccccc1)Nc1ccccc1N=Nc1ccccc1NC(=S)Nc1ccccc1. The van der Waals surface area contributed by atoms with Gasteiger partial charge in [0, 0.05) is 11.4 Å². The highest BCUT2D eigenvalue weighted by molar-refractivity contribution is 7.81. The molecular weight excluding hydrogens is 460 g/mol. The molecule has 0 aliphatic heterocycles. The molecule has 0 saturated carbocycles. The largest absolute Gasteiger partial charge is 0.332 e. The third-order valence-corrected chi connectivity index (χ3v) is 5.04. The first-order valence-electron chi connectivity index (χ1n) is 10.5. The Morgan fingerprint density at radius 1 is 0.441 bits per heavy atom. The molecule has 0 unspecified atom stereocenters. The van der Waals surface area contributed by atoms with Gasteiger partial charge in [0.1, 0.15) is 11.4 Å². The number of hydrogen-bond acceptors (Lipinski definition) is 4. The molecule has 6 nitrogen and oxygen atoms in total. The zero-order valence-corrected chi connectivity index (χ0v) is 19.7. The summed E-state index contributed by atoms with van der Waals surface area (Å²) in [6.45, 7) is 0. The van der Waals surface area contributed by atoms with Crippen molar-refractivity contribution in [2.45, 2.75) is 0 Å². The number of anilines is 4. The highest BCUT2D eigenvalue weighted by atomic mass is 32.1. The number of thiocarbonyl (C=S) groups is 2. The van der Waals surface area contributed by atoms with Crippen molar-refractivity contribution in [2.24, 2.45) is 10.2 Å². The predicted octanol–water partition coefficient (Wildman–Crippen LogP) is 7.72. The third-order valence-electron chi connectivity index (χ3n) is 4.63. The Balaban J connectivity index is 1.46. The molecule has 0 amide bonds. The van der Waals surface area contributed by atoms with Crippen LogP contribution in [0.15, 0.2) is 119 Å². The maximum Gasteiger partial charge on any atom is 0.175 e. The molecule has 8 heteroatoms. The van der Waals surface area contributed by atoms with Crippen LogP contribution in [0.3, 0.4) is 0 Å². The summed E-state index contributed by atoms with van der Waals surface area (Å²) in [5.74, 6) is 0. The lowest BCUT2D eigenvalue weighted by atomic mass is 10.2. The topological polar surface area (TPSA) is 72.8 Å². The summed E-state index contributed by atoms with van der Waals surface area (Å²) >= 11 is 10.9. The number of nitrogens with zero attached hydrogens (tertiary/aromatic N) is 2. The lowest BCUT2D eigenvalue weighted by Crippen LogP contribution is -2.19. The van der Waals surface area contributed by atoms with Crippen LogP contribution in [0, 0.1) is 0 Å². The normalized spacial score (nSPS) is 10.5. The van der Waals surface area contributed by atoms with Crippen molar-refractivity contribution in [3.8, 4) is 0 Å². The quantitative estimate of drug-likeness (QED) is 0.167. The molecule has 34 heavy (non-hydrogen) atoms. The molecule has 0 spiro atoms. The van der Waals surface area contributed by atoms with Crippen molar-refractivity contribution in [3.63, 3.8) is 0 Å². The van der Waals surface area contributed by atoms with Crippen molar-refractivity contribution >= 4 is 68.8 Å². The second-order valence-electron chi connectivity index (χ2n) is 7.12. The predicted molar refractivity (Wildman–Crippen MR) is 150 cm³/mol. The van der Waals surface area contributed by atoms with E-state index >= 15 is 0 Å². The lowest BCUT2D eigenvalue weighted by Gasteiger charge is -2.13. The van der Waals surface area contributed by atoms with Crippen LogP contribution in [-0.4, -0.2) is 10.2 Å². The summed E-state index contributed by atoms with van der Waals surface area (Å²) in [5, 5.41) is 22.5. The Labute approximate surface area is 209 Å². The average Bonchev–Trinajstić information content (AvgIpc) is 2.85. The number of hydrogen-bond donors (Lipinski definition) is 4. The molecule has 0 radical (unpaired) electrons. The molecule has 0 aliphatic carbocycles. The molecule has 0 atom stereocenters. The maximum atomic E-state index is 5.45. The van der Waals surface area contributed by atoms with E-state index in [0.717, 1.165) is 22.7 Å². The third kappa shape index (κ3) is 6.68. The van der Waals surface area contributed by atoms with E-state index in [1.54, 1.807) is 0 Å². The van der Waals surface area contributed by atoms with Gasteiger partial charge in [-0.05, 0) is 73.0 Å². The fraction of sp³-hybridized carbons (Fsp3) is 0.